The molecule has 0 bridgehead atoms. The molecule has 0 unspecified atom stereocenters. The van der Waals surface area contributed by atoms with Crippen molar-refractivity contribution in [2.24, 2.45) is 4.40 Å². The van der Waals surface area contributed by atoms with Crippen LogP contribution in [0.5, 0.6) is 0 Å². The summed E-state index contributed by atoms with van der Waals surface area (Å²) in [7, 11) is 3.82. The fraction of sp³-hybridized carbons (Fsp3) is 0. The van der Waals surface area contributed by atoms with Crippen molar-refractivity contribution in [3.8, 4) is 0 Å². The SMILES string of the molecule is [CH2]N1SN=Cc2ccccc21. The summed E-state index contributed by atoms with van der Waals surface area (Å²) in [4.78, 5) is 0. The smallest absolute Gasteiger partial charge is 0.0930 e. The largest absolute Gasteiger partial charge is 0.295 e. The van der Waals surface area contributed by atoms with Gasteiger partial charge in [-0.15, -0.1) is 0 Å². The van der Waals surface area contributed by atoms with Crippen molar-refractivity contribution in [2.75, 3.05) is 4.31 Å². The summed E-state index contributed by atoms with van der Waals surface area (Å²) >= 11 is 1.35. The Morgan fingerprint density at radius 1 is 1.36 bits per heavy atom. The van der Waals surface area contributed by atoms with Crippen LogP contribution in [-0.2, 0) is 0 Å². The standard InChI is InChI=1S/C8H7N2S/c1-10-8-5-3-2-4-7(8)6-9-11-10/h2-6H,1H2. The van der Waals surface area contributed by atoms with Crippen LogP contribution in [0.1, 0.15) is 5.56 Å². The van der Waals surface area contributed by atoms with Gasteiger partial charge in [-0.05, 0) is 6.07 Å². The molecular formula is C8H7N2S. The van der Waals surface area contributed by atoms with Gasteiger partial charge in [0.25, 0.3) is 0 Å². The Morgan fingerprint density at radius 2 is 2.18 bits per heavy atom. The van der Waals surface area contributed by atoms with Crippen LogP contribution in [-0.4, -0.2) is 6.21 Å². The zero-order chi connectivity index (χ0) is 7.68. The molecule has 2 rings (SSSR count). The first-order valence-electron chi connectivity index (χ1n) is 3.28. The van der Waals surface area contributed by atoms with Gasteiger partial charge in [0.2, 0.25) is 0 Å². The van der Waals surface area contributed by atoms with Gasteiger partial charge in [0.15, 0.2) is 0 Å². The highest BCUT2D eigenvalue weighted by Crippen LogP contribution is 2.28. The Morgan fingerprint density at radius 3 is 3.00 bits per heavy atom. The molecule has 0 fully saturated rings. The second-order valence-corrected chi connectivity index (χ2v) is 3.07. The number of anilines is 1. The average Bonchev–Trinajstić information content (AvgIpc) is 2.06. The molecule has 3 heteroatoms. The van der Waals surface area contributed by atoms with E-state index in [1.54, 1.807) is 4.31 Å². The van der Waals surface area contributed by atoms with Crippen LogP contribution in [0.4, 0.5) is 5.69 Å². The average molecular weight is 163 g/mol. The van der Waals surface area contributed by atoms with E-state index in [0.717, 1.165) is 11.3 Å². The predicted octanol–water partition coefficient (Wildman–Crippen LogP) is 2.28. The molecule has 1 aliphatic rings. The van der Waals surface area contributed by atoms with Gasteiger partial charge in [-0.25, -0.2) is 4.40 Å². The first kappa shape index (κ1) is 6.73. The molecule has 1 aromatic rings. The Labute approximate surface area is 70.2 Å². The molecule has 1 aliphatic heterocycles. The van der Waals surface area contributed by atoms with Crippen molar-refractivity contribution in [1.29, 1.82) is 0 Å². The van der Waals surface area contributed by atoms with E-state index >= 15 is 0 Å². The second-order valence-electron chi connectivity index (χ2n) is 2.25. The molecule has 1 aromatic carbocycles. The zero-order valence-corrected chi connectivity index (χ0v) is 6.71. The van der Waals surface area contributed by atoms with E-state index in [9.17, 15) is 0 Å². The van der Waals surface area contributed by atoms with Crippen LogP contribution >= 0.6 is 12.1 Å². The Hall–Kier alpha value is -0.960. The minimum absolute atomic E-state index is 1.12. The fourth-order valence-corrected chi connectivity index (χ4v) is 1.53. The van der Waals surface area contributed by atoms with Gasteiger partial charge in [0.1, 0.15) is 0 Å². The zero-order valence-electron chi connectivity index (χ0n) is 5.90. The van der Waals surface area contributed by atoms with Gasteiger partial charge >= 0.3 is 0 Å². The van der Waals surface area contributed by atoms with E-state index in [-0.39, 0.29) is 0 Å². The third-order valence-corrected chi connectivity index (χ3v) is 2.14. The van der Waals surface area contributed by atoms with Gasteiger partial charge in [-0.3, -0.25) is 4.31 Å². The lowest BCUT2D eigenvalue weighted by atomic mass is 10.2. The third-order valence-electron chi connectivity index (χ3n) is 1.54. The quantitative estimate of drug-likeness (QED) is 0.545. The topological polar surface area (TPSA) is 15.6 Å². The third kappa shape index (κ3) is 1.12. The number of hydrogen-bond acceptors (Lipinski definition) is 3. The molecular weight excluding hydrogens is 156 g/mol. The van der Waals surface area contributed by atoms with Crippen molar-refractivity contribution in [1.82, 2.24) is 0 Å². The highest BCUT2D eigenvalue weighted by molar-refractivity contribution is 7.99. The lowest BCUT2D eigenvalue weighted by Gasteiger charge is -2.19. The normalized spacial score (nSPS) is 14.8. The summed E-state index contributed by atoms with van der Waals surface area (Å²) in [5, 5.41) is 0. The molecule has 0 aliphatic carbocycles. The molecule has 11 heavy (non-hydrogen) atoms. The molecule has 0 atom stereocenters. The summed E-state index contributed by atoms with van der Waals surface area (Å²) in [5.41, 5.74) is 2.24. The van der Waals surface area contributed by atoms with E-state index in [1.165, 1.54) is 12.1 Å². The minimum atomic E-state index is 1.12. The second kappa shape index (κ2) is 2.58. The molecule has 0 spiro atoms. The van der Waals surface area contributed by atoms with Gasteiger partial charge in [-0.1, -0.05) is 18.2 Å². The number of benzene rings is 1. The van der Waals surface area contributed by atoms with E-state index in [4.69, 9.17) is 0 Å². The monoisotopic (exact) mass is 163 g/mol. The summed E-state index contributed by atoms with van der Waals surface area (Å²) < 4.78 is 5.86. The van der Waals surface area contributed by atoms with E-state index in [0.29, 0.717) is 0 Å². The summed E-state index contributed by atoms with van der Waals surface area (Å²) in [6, 6.07) is 8.04. The summed E-state index contributed by atoms with van der Waals surface area (Å²) in [6.07, 6.45) is 1.85. The van der Waals surface area contributed by atoms with E-state index < -0.39 is 0 Å². The molecule has 1 heterocycles. The maximum Gasteiger partial charge on any atom is 0.0930 e. The molecule has 0 saturated heterocycles. The van der Waals surface area contributed by atoms with Crippen molar-refractivity contribution in [3.63, 3.8) is 0 Å². The summed E-state index contributed by atoms with van der Waals surface area (Å²) in [5.74, 6) is 0. The maximum atomic E-state index is 4.05. The first-order chi connectivity index (χ1) is 5.38. The van der Waals surface area contributed by atoms with E-state index in [2.05, 4.69) is 11.4 Å². The molecule has 55 valence electrons. The maximum absolute atomic E-state index is 4.05. The highest BCUT2D eigenvalue weighted by Gasteiger charge is 2.08. The molecule has 2 nitrogen and oxygen atoms in total. The van der Waals surface area contributed by atoms with Gasteiger partial charge in [-0.2, -0.15) is 0 Å². The molecule has 0 saturated carbocycles. The number of rotatable bonds is 0. The van der Waals surface area contributed by atoms with Crippen LogP contribution in [0.25, 0.3) is 0 Å². The molecule has 1 radical (unpaired) electrons. The van der Waals surface area contributed by atoms with E-state index in [1.807, 2.05) is 30.5 Å². The van der Waals surface area contributed by atoms with Crippen molar-refractivity contribution < 1.29 is 0 Å². The first-order valence-corrected chi connectivity index (χ1v) is 4.01. The van der Waals surface area contributed by atoms with Crippen molar-refractivity contribution in [3.05, 3.63) is 36.9 Å². The molecule has 0 amide bonds. The van der Waals surface area contributed by atoms with Crippen LogP contribution in [0, 0.1) is 7.05 Å². The Balaban J connectivity index is 2.54. The summed E-state index contributed by atoms with van der Waals surface area (Å²) in [6.45, 7) is 0. The van der Waals surface area contributed by atoms with Crippen molar-refractivity contribution in [2.45, 2.75) is 0 Å². The highest BCUT2D eigenvalue weighted by atomic mass is 32.2. The fourth-order valence-electron chi connectivity index (χ4n) is 1.01. The number of para-hydroxylation sites is 1. The number of nitrogens with zero attached hydrogens (tertiary/aromatic N) is 2. The van der Waals surface area contributed by atoms with Crippen LogP contribution in [0.3, 0.4) is 0 Å². The Kier molecular flexibility index (Phi) is 1.58. The van der Waals surface area contributed by atoms with Crippen LogP contribution in [0.2, 0.25) is 0 Å². The molecule has 0 aromatic heterocycles. The van der Waals surface area contributed by atoms with Crippen molar-refractivity contribution >= 4 is 24.0 Å². The Bertz CT molecular complexity index is 296. The van der Waals surface area contributed by atoms with Gasteiger partial charge in [0, 0.05) is 18.8 Å². The minimum Gasteiger partial charge on any atom is -0.295 e. The molecule has 0 N–H and O–H groups in total. The van der Waals surface area contributed by atoms with Crippen LogP contribution in [0.15, 0.2) is 28.7 Å². The van der Waals surface area contributed by atoms with Gasteiger partial charge < -0.3 is 0 Å². The lowest BCUT2D eigenvalue weighted by molar-refractivity contribution is 1.42. The number of hydrogen-bond donors (Lipinski definition) is 0. The predicted molar refractivity (Wildman–Crippen MR) is 49.5 cm³/mol. The number of fused-ring (bicyclic) bond motifs is 1. The van der Waals surface area contributed by atoms with Gasteiger partial charge in [0.05, 0.1) is 17.8 Å². The van der Waals surface area contributed by atoms with Crippen LogP contribution < -0.4 is 4.31 Å². The lowest BCUT2D eigenvalue weighted by Crippen LogP contribution is -2.07.